The Morgan fingerprint density at radius 1 is 1.32 bits per heavy atom. The lowest BCUT2D eigenvalue weighted by molar-refractivity contribution is 0.0697. The molecule has 19 heavy (non-hydrogen) atoms. The zero-order valence-electron chi connectivity index (χ0n) is 10.7. The largest absolute Gasteiger partial charge is 0.478 e. The number of aromatic carboxylic acids is 1. The molecule has 0 aliphatic rings. The number of carboxylic acids is 1. The van der Waals surface area contributed by atoms with Crippen LogP contribution in [-0.2, 0) is 6.54 Å². The van der Waals surface area contributed by atoms with Gasteiger partial charge in [-0.15, -0.1) is 11.3 Å². The van der Waals surface area contributed by atoms with Crippen molar-refractivity contribution in [2.24, 2.45) is 0 Å². The highest BCUT2D eigenvalue weighted by Gasteiger charge is 2.07. The summed E-state index contributed by atoms with van der Waals surface area (Å²) in [5.74, 6) is -0.924. The second-order valence-corrected chi connectivity index (χ2v) is 6.60. The van der Waals surface area contributed by atoms with Crippen molar-refractivity contribution in [3.63, 3.8) is 0 Å². The van der Waals surface area contributed by atoms with E-state index in [1.165, 1.54) is 15.3 Å². The Balaban J connectivity index is 2.13. The van der Waals surface area contributed by atoms with Gasteiger partial charge in [0.15, 0.2) is 0 Å². The summed E-state index contributed by atoms with van der Waals surface area (Å²) in [5, 5.41) is 12.3. The van der Waals surface area contributed by atoms with E-state index in [9.17, 15) is 4.79 Å². The fourth-order valence-corrected chi connectivity index (χ4v) is 3.23. The zero-order valence-corrected chi connectivity index (χ0v) is 13.1. The molecular weight excluding hydrogens is 326 g/mol. The third-order valence-corrected chi connectivity index (χ3v) is 4.44. The quantitative estimate of drug-likeness (QED) is 0.865. The van der Waals surface area contributed by atoms with Gasteiger partial charge >= 0.3 is 5.97 Å². The molecule has 5 heteroatoms. The fourth-order valence-electron chi connectivity index (χ4n) is 1.74. The summed E-state index contributed by atoms with van der Waals surface area (Å²) >= 11 is 5.08. The number of aryl methyl sites for hydroxylation is 2. The van der Waals surface area contributed by atoms with E-state index in [0.717, 1.165) is 10.2 Å². The smallest absolute Gasteiger partial charge is 0.335 e. The number of nitrogens with one attached hydrogen (secondary N) is 1. The molecule has 100 valence electrons. The Hall–Kier alpha value is -1.33. The Labute approximate surface area is 124 Å². The number of halogens is 1. The normalized spacial score (nSPS) is 10.5. The number of carboxylic acid groups (broad SMARTS) is 1. The Morgan fingerprint density at radius 2 is 2.05 bits per heavy atom. The molecule has 0 unspecified atom stereocenters. The van der Waals surface area contributed by atoms with Crippen LogP contribution in [0.25, 0.3) is 0 Å². The van der Waals surface area contributed by atoms with Crippen LogP contribution in [0, 0.1) is 13.8 Å². The monoisotopic (exact) mass is 339 g/mol. The molecule has 1 heterocycles. The minimum Gasteiger partial charge on any atom is -0.478 e. The Kier molecular flexibility index (Phi) is 4.27. The lowest BCUT2D eigenvalue weighted by Crippen LogP contribution is -2.01. The molecule has 2 rings (SSSR count). The van der Waals surface area contributed by atoms with E-state index in [1.807, 2.05) is 6.07 Å². The molecule has 0 amide bonds. The molecular formula is C14H14BrNO2S. The van der Waals surface area contributed by atoms with Crippen molar-refractivity contribution in [1.29, 1.82) is 0 Å². The van der Waals surface area contributed by atoms with Gasteiger partial charge < -0.3 is 10.4 Å². The lowest BCUT2D eigenvalue weighted by Gasteiger charge is -2.07. The van der Waals surface area contributed by atoms with Gasteiger partial charge in [0.1, 0.15) is 0 Å². The third-order valence-electron chi connectivity index (χ3n) is 2.83. The Bertz CT molecular complexity index is 602. The molecule has 0 saturated carbocycles. The molecule has 0 saturated heterocycles. The number of hydrogen-bond acceptors (Lipinski definition) is 3. The van der Waals surface area contributed by atoms with Crippen molar-refractivity contribution in [2.45, 2.75) is 20.4 Å². The van der Waals surface area contributed by atoms with Crippen LogP contribution in [0.5, 0.6) is 0 Å². The average Bonchev–Trinajstić information content (AvgIpc) is 2.65. The highest BCUT2D eigenvalue weighted by Crippen LogP contribution is 2.23. The first-order valence-electron chi connectivity index (χ1n) is 5.79. The maximum absolute atomic E-state index is 11.0. The van der Waals surface area contributed by atoms with E-state index in [-0.39, 0.29) is 5.56 Å². The van der Waals surface area contributed by atoms with Crippen molar-refractivity contribution >= 4 is 38.9 Å². The first kappa shape index (κ1) is 14.1. The predicted molar refractivity (Wildman–Crippen MR) is 82.2 cm³/mol. The van der Waals surface area contributed by atoms with E-state index in [0.29, 0.717) is 6.54 Å². The average molecular weight is 340 g/mol. The van der Waals surface area contributed by atoms with E-state index in [4.69, 9.17) is 5.11 Å². The molecule has 0 fully saturated rings. The minimum absolute atomic E-state index is 0.274. The molecule has 0 aliphatic heterocycles. The van der Waals surface area contributed by atoms with Crippen LogP contribution in [0.4, 0.5) is 5.69 Å². The van der Waals surface area contributed by atoms with Crippen molar-refractivity contribution in [1.82, 2.24) is 0 Å². The number of benzene rings is 1. The topological polar surface area (TPSA) is 49.3 Å². The predicted octanol–water partition coefficient (Wildman–Crippen LogP) is 4.44. The highest BCUT2D eigenvalue weighted by atomic mass is 79.9. The summed E-state index contributed by atoms with van der Waals surface area (Å²) in [4.78, 5) is 13.5. The zero-order chi connectivity index (χ0) is 14.0. The van der Waals surface area contributed by atoms with Gasteiger partial charge in [0.05, 0.1) is 5.56 Å². The number of hydrogen-bond donors (Lipinski definition) is 2. The van der Waals surface area contributed by atoms with E-state index in [2.05, 4.69) is 41.2 Å². The second-order valence-electron chi connectivity index (χ2n) is 4.34. The first-order valence-corrected chi connectivity index (χ1v) is 7.40. The molecule has 1 aromatic heterocycles. The number of anilines is 1. The van der Waals surface area contributed by atoms with Gasteiger partial charge in [-0.05, 0) is 43.7 Å². The van der Waals surface area contributed by atoms with Crippen LogP contribution in [0.15, 0.2) is 28.7 Å². The van der Waals surface area contributed by atoms with Crippen LogP contribution in [-0.4, -0.2) is 11.1 Å². The van der Waals surface area contributed by atoms with Crippen LogP contribution >= 0.6 is 27.3 Å². The lowest BCUT2D eigenvalue weighted by atomic mass is 10.2. The van der Waals surface area contributed by atoms with Crippen LogP contribution in [0.1, 0.15) is 25.7 Å². The van der Waals surface area contributed by atoms with Crippen molar-refractivity contribution in [3.8, 4) is 0 Å². The second kappa shape index (κ2) is 5.75. The van der Waals surface area contributed by atoms with Gasteiger partial charge in [-0.3, -0.25) is 0 Å². The summed E-state index contributed by atoms with van der Waals surface area (Å²) in [6, 6.07) is 7.26. The minimum atomic E-state index is -0.924. The van der Waals surface area contributed by atoms with Gasteiger partial charge in [-0.25, -0.2) is 4.79 Å². The molecule has 2 aromatic rings. The van der Waals surface area contributed by atoms with Gasteiger partial charge in [-0.1, -0.05) is 15.9 Å². The van der Waals surface area contributed by atoms with Crippen molar-refractivity contribution < 1.29 is 9.90 Å². The molecule has 0 spiro atoms. The third kappa shape index (κ3) is 3.58. The number of rotatable bonds is 4. The molecule has 3 nitrogen and oxygen atoms in total. The number of thiophene rings is 1. The molecule has 0 bridgehead atoms. The summed E-state index contributed by atoms with van der Waals surface area (Å²) in [6.45, 7) is 4.90. The van der Waals surface area contributed by atoms with Gasteiger partial charge in [0.2, 0.25) is 0 Å². The highest BCUT2D eigenvalue weighted by molar-refractivity contribution is 9.10. The Morgan fingerprint density at radius 3 is 2.63 bits per heavy atom. The van der Waals surface area contributed by atoms with Crippen LogP contribution in [0.3, 0.4) is 0 Å². The SMILES string of the molecule is Cc1cc(CNc2cc(Br)cc(C(=O)O)c2)sc1C. The molecule has 0 radical (unpaired) electrons. The van der Waals surface area contributed by atoms with Gasteiger partial charge in [-0.2, -0.15) is 0 Å². The van der Waals surface area contributed by atoms with Gasteiger partial charge in [0, 0.05) is 26.5 Å². The van der Waals surface area contributed by atoms with E-state index < -0.39 is 5.97 Å². The number of carbonyl (C=O) groups is 1. The fraction of sp³-hybridized carbons (Fsp3) is 0.214. The summed E-state index contributed by atoms with van der Waals surface area (Å²) < 4.78 is 0.758. The van der Waals surface area contributed by atoms with Crippen molar-refractivity contribution in [3.05, 3.63) is 49.6 Å². The van der Waals surface area contributed by atoms with Gasteiger partial charge in [0.25, 0.3) is 0 Å². The molecule has 0 aliphatic carbocycles. The first-order chi connectivity index (χ1) is 8.95. The van der Waals surface area contributed by atoms with Crippen LogP contribution in [0.2, 0.25) is 0 Å². The maximum atomic E-state index is 11.0. The molecule has 1 aromatic carbocycles. The van der Waals surface area contributed by atoms with Crippen molar-refractivity contribution in [2.75, 3.05) is 5.32 Å². The van der Waals surface area contributed by atoms with Crippen LogP contribution < -0.4 is 5.32 Å². The maximum Gasteiger partial charge on any atom is 0.335 e. The summed E-state index contributed by atoms with van der Waals surface area (Å²) in [7, 11) is 0. The van der Waals surface area contributed by atoms with E-state index in [1.54, 1.807) is 23.5 Å². The standard InChI is InChI=1S/C14H14BrNO2S/c1-8-3-13(19-9(8)2)7-16-12-5-10(14(17)18)4-11(15)6-12/h3-6,16H,7H2,1-2H3,(H,17,18). The molecule has 0 atom stereocenters. The van der Waals surface area contributed by atoms with E-state index >= 15 is 0 Å². The summed E-state index contributed by atoms with van der Waals surface area (Å²) in [5.41, 5.74) is 2.37. The molecule has 2 N–H and O–H groups in total. The summed E-state index contributed by atoms with van der Waals surface area (Å²) in [6.07, 6.45) is 0.